The Labute approximate surface area is 155 Å². The van der Waals surface area contributed by atoms with E-state index in [0.717, 1.165) is 5.69 Å². The summed E-state index contributed by atoms with van der Waals surface area (Å²) in [6, 6.07) is 18.7. The summed E-state index contributed by atoms with van der Waals surface area (Å²) in [6.45, 7) is 0. The van der Waals surface area contributed by atoms with Crippen LogP contribution < -0.4 is 16.2 Å². The first-order chi connectivity index (χ1) is 13.2. The number of rotatable bonds is 4. The Morgan fingerprint density at radius 3 is 2.04 bits per heavy atom. The Hall–Kier alpha value is -4.07. The molecule has 3 rings (SSSR count). The van der Waals surface area contributed by atoms with E-state index in [1.54, 1.807) is 24.3 Å². The number of nitrogens with one attached hydrogen (secondary N) is 3. The van der Waals surface area contributed by atoms with Crippen LogP contribution in [0, 0.1) is 0 Å². The molecule has 0 saturated carbocycles. The normalized spacial score (nSPS) is 10.4. The number of nitrogens with zero attached hydrogens (tertiary/aromatic N) is 3. The van der Waals surface area contributed by atoms with Crippen molar-refractivity contribution in [2.75, 3.05) is 5.32 Å². The van der Waals surface area contributed by atoms with Gasteiger partial charge in [0.1, 0.15) is 0 Å². The van der Waals surface area contributed by atoms with Crippen molar-refractivity contribution in [3.05, 3.63) is 84.7 Å². The first-order valence-corrected chi connectivity index (χ1v) is 8.05. The second kappa shape index (κ2) is 8.86. The van der Waals surface area contributed by atoms with Crippen LogP contribution in [0.5, 0.6) is 0 Å². The summed E-state index contributed by atoms with van der Waals surface area (Å²) in [6.07, 6.45) is 2.98. The Morgan fingerprint density at radius 1 is 0.741 bits per heavy atom. The van der Waals surface area contributed by atoms with E-state index >= 15 is 0 Å². The molecule has 0 radical (unpaired) electrons. The van der Waals surface area contributed by atoms with Gasteiger partial charge in [-0.2, -0.15) is 10.2 Å². The molecule has 27 heavy (non-hydrogen) atoms. The van der Waals surface area contributed by atoms with E-state index < -0.39 is 11.9 Å². The topological polar surface area (TPSA) is 108 Å². The predicted molar refractivity (Wildman–Crippen MR) is 101 cm³/mol. The molecule has 1 aromatic heterocycles. The predicted octanol–water partition coefficient (Wildman–Crippen LogP) is 3.96. The number of hydrogen-bond acceptors (Lipinski definition) is 5. The number of aromatic nitrogens is 1. The maximum absolute atomic E-state index is 11.9. The van der Waals surface area contributed by atoms with Crippen LogP contribution in [0.1, 0.15) is 10.4 Å². The number of carbonyl (C=O) groups is 2. The molecule has 0 unspecified atom stereocenters. The molecule has 0 saturated heterocycles. The van der Waals surface area contributed by atoms with E-state index in [0.29, 0.717) is 16.9 Å². The second-order valence-corrected chi connectivity index (χ2v) is 5.35. The summed E-state index contributed by atoms with van der Waals surface area (Å²) in [5, 5.41) is 10.8. The number of benzene rings is 2. The molecule has 134 valence electrons. The van der Waals surface area contributed by atoms with Gasteiger partial charge in [-0.1, -0.05) is 18.2 Å². The van der Waals surface area contributed by atoms with E-state index in [2.05, 4.69) is 31.4 Å². The van der Waals surface area contributed by atoms with E-state index in [9.17, 15) is 9.59 Å². The summed E-state index contributed by atoms with van der Waals surface area (Å²) >= 11 is 0. The SMILES string of the molecule is O=C(NNC(=O)c1ccncc1)Nc1ccc(N=Nc2ccccc2)cc1. The molecule has 0 atom stereocenters. The number of hydrogen-bond donors (Lipinski definition) is 3. The van der Waals surface area contributed by atoms with E-state index in [-0.39, 0.29) is 0 Å². The number of pyridine rings is 1. The van der Waals surface area contributed by atoms with Gasteiger partial charge in [-0.25, -0.2) is 10.2 Å². The standard InChI is InChI=1S/C19H16N6O2/c26-18(14-10-12-20-13-11-14)24-25-19(27)21-15-6-8-17(9-7-15)23-22-16-4-2-1-3-5-16/h1-13H,(H,24,26)(H2,21,25,27). The molecule has 3 aromatic rings. The molecule has 2 aromatic carbocycles. The van der Waals surface area contributed by atoms with Crippen LogP contribution in [0.25, 0.3) is 0 Å². The quantitative estimate of drug-likeness (QED) is 0.484. The van der Waals surface area contributed by atoms with E-state index in [1.165, 1.54) is 24.5 Å². The maximum atomic E-state index is 11.9. The average molecular weight is 360 g/mol. The minimum absolute atomic E-state index is 0.387. The van der Waals surface area contributed by atoms with E-state index in [4.69, 9.17) is 0 Å². The molecule has 3 N–H and O–H groups in total. The Bertz CT molecular complexity index is 927. The van der Waals surface area contributed by atoms with Crippen LogP contribution in [-0.4, -0.2) is 16.9 Å². The van der Waals surface area contributed by atoms with Gasteiger partial charge < -0.3 is 5.32 Å². The fourth-order valence-electron chi connectivity index (χ4n) is 2.07. The Morgan fingerprint density at radius 2 is 1.37 bits per heavy atom. The lowest BCUT2D eigenvalue weighted by Crippen LogP contribution is -2.43. The highest BCUT2D eigenvalue weighted by Gasteiger charge is 2.06. The van der Waals surface area contributed by atoms with Crippen molar-refractivity contribution in [3.63, 3.8) is 0 Å². The summed E-state index contributed by atoms with van der Waals surface area (Å²) < 4.78 is 0. The fraction of sp³-hybridized carbons (Fsp3) is 0. The van der Waals surface area contributed by atoms with Crippen molar-refractivity contribution < 1.29 is 9.59 Å². The zero-order chi connectivity index (χ0) is 18.9. The molecule has 0 fully saturated rings. The van der Waals surface area contributed by atoms with Gasteiger partial charge in [0.05, 0.1) is 11.4 Å². The van der Waals surface area contributed by atoms with Crippen molar-refractivity contribution in [1.29, 1.82) is 0 Å². The molecular formula is C19H16N6O2. The molecule has 0 bridgehead atoms. The van der Waals surface area contributed by atoms with Crippen molar-refractivity contribution in [2.45, 2.75) is 0 Å². The van der Waals surface area contributed by atoms with Gasteiger partial charge in [0.2, 0.25) is 0 Å². The van der Waals surface area contributed by atoms with Gasteiger partial charge in [0.15, 0.2) is 0 Å². The average Bonchev–Trinajstić information content (AvgIpc) is 2.73. The first kappa shape index (κ1) is 17.7. The van der Waals surface area contributed by atoms with Gasteiger partial charge in [-0.15, -0.1) is 0 Å². The summed E-state index contributed by atoms with van der Waals surface area (Å²) in [4.78, 5) is 27.5. The fourth-order valence-corrected chi connectivity index (χ4v) is 2.07. The lowest BCUT2D eigenvalue weighted by atomic mass is 10.3. The number of urea groups is 1. The van der Waals surface area contributed by atoms with Crippen LogP contribution in [0.4, 0.5) is 21.9 Å². The summed E-state index contributed by atoms with van der Waals surface area (Å²) in [5.74, 6) is -0.441. The minimum atomic E-state index is -0.573. The van der Waals surface area contributed by atoms with Gasteiger partial charge in [-0.3, -0.25) is 15.2 Å². The van der Waals surface area contributed by atoms with Crippen LogP contribution in [0.15, 0.2) is 89.4 Å². The van der Waals surface area contributed by atoms with Gasteiger partial charge >= 0.3 is 6.03 Å². The number of hydrazine groups is 1. The molecule has 0 aliphatic carbocycles. The number of azo groups is 1. The van der Waals surface area contributed by atoms with Gasteiger partial charge in [0.25, 0.3) is 5.91 Å². The lowest BCUT2D eigenvalue weighted by molar-refractivity contribution is 0.0938. The third kappa shape index (κ3) is 5.46. The molecular weight excluding hydrogens is 344 g/mol. The smallest absolute Gasteiger partial charge is 0.307 e. The number of carbonyl (C=O) groups excluding carboxylic acids is 2. The Kier molecular flexibility index (Phi) is 5.82. The van der Waals surface area contributed by atoms with E-state index in [1.807, 2.05) is 30.3 Å². The van der Waals surface area contributed by atoms with Gasteiger partial charge in [0, 0.05) is 23.6 Å². The maximum Gasteiger partial charge on any atom is 0.337 e. The molecule has 0 aliphatic rings. The zero-order valence-electron chi connectivity index (χ0n) is 14.2. The van der Waals surface area contributed by atoms with Crippen molar-refractivity contribution in [2.24, 2.45) is 10.2 Å². The van der Waals surface area contributed by atoms with Crippen LogP contribution in [0.2, 0.25) is 0 Å². The molecule has 0 aliphatic heterocycles. The third-order valence-electron chi connectivity index (χ3n) is 3.39. The second-order valence-electron chi connectivity index (χ2n) is 5.35. The third-order valence-corrected chi connectivity index (χ3v) is 3.39. The highest BCUT2D eigenvalue weighted by molar-refractivity contribution is 5.96. The molecule has 3 amide bonds. The van der Waals surface area contributed by atoms with Crippen molar-refractivity contribution in [3.8, 4) is 0 Å². The highest BCUT2D eigenvalue weighted by Crippen LogP contribution is 2.19. The van der Waals surface area contributed by atoms with Crippen LogP contribution in [0.3, 0.4) is 0 Å². The number of amides is 3. The molecule has 1 heterocycles. The monoisotopic (exact) mass is 360 g/mol. The minimum Gasteiger partial charge on any atom is -0.307 e. The molecule has 8 nitrogen and oxygen atoms in total. The van der Waals surface area contributed by atoms with Crippen LogP contribution in [-0.2, 0) is 0 Å². The zero-order valence-corrected chi connectivity index (χ0v) is 14.2. The molecule has 0 spiro atoms. The lowest BCUT2D eigenvalue weighted by Gasteiger charge is -2.09. The highest BCUT2D eigenvalue weighted by atomic mass is 16.2. The Balaban J connectivity index is 1.50. The van der Waals surface area contributed by atoms with Crippen LogP contribution >= 0.6 is 0 Å². The summed E-state index contributed by atoms with van der Waals surface area (Å²) in [7, 11) is 0. The largest absolute Gasteiger partial charge is 0.337 e. The first-order valence-electron chi connectivity index (χ1n) is 8.05. The molecule has 8 heteroatoms. The number of anilines is 1. The summed E-state index contributed by atoms with van der Waals surface area (Å²) in [5.41, 5.74) is 6.92. The van der Waals surface area contributed by atoms with Gasteiger partial charge in [-0.05, 0) is 48.5 Å². The van der Waals surface area contributed by atoms with Crippen molar-refractivity contribution in [1.82, 2.24) is 15.8 Å². The van der Waals surface area contributed by atoms with Crippen molar-refractivity contribution >= 4 is 29.0 Å².